The Balaban J connectivity index is 3.94. The monoisotopic (exact) mass is 384 g/mol. The van der Waals surface area contributed by atoms with Gasteiger partial charge < -0.3 is 10.6 Å². The summed E-state index contributed by atoms with van der Waals surface area (Å²) in [6.45, 7) is 4.00. The number of Topliss-reactive ketones (excluding diaryl/α,β-unsaturated/α-hetero) is 2. The van der Waals surface area contributed by atoms with Crippen molar-refractivity contribution in [2.24, 2.45) is 0 Å². The van der Waals surface area contributed by atoms with Gasteiger partial charge in [0.15, 0.2) is 0 Å². The Bertz CT molecular complexity index is 462. The molecule has 156 valence electrons. The van der Waals surface area contributed by atoms with Crippen LogP contribution in [-0.4, -0.2) is 86.5 Å². The van der Waals surface area contributed by atoms with E-state index in [1.165, 1.54) is 0 Å². The summed E-state index contributed by atoms with van der Waals surface area (Å²) < 4.78 is 0. The molecule has 0 unspecified atom stereocenters. The Morgan fingerprint density at radius 1 is 0.704 bits per heavy atom. The minimum Gasteiger partial charge on any atom is -0.356 e. The van der Waals surface area contributed by atoms with Crippen LogP contribution in [0.4, 0.5) is 0 Å². The van der Waals surface area contributed by atoms with Gasteiger partial charge in [-0.1, -0.05) is 0 Å². The molecule has 0 aromatic carbocycles. The minimum atomic E-state index is -0.327. The first-order valence-corrected chi connectivity index (χ1v) is 9.43. The Labute approximate surface area is 163 Å². The molecule has 0 aliphatic carbocycles. The van der Waals surface area contributed by atoms with Crippen molar-refractivity contribution in [3.8, 4) is 0 Å². The molecule has 0 heterocycles. The van der Waals surface area contributed by atoms with Gasteiger partial charge in [0, 0.05) is 13.1 Å². The normalized spacial score (nSPS) is 13.3. The second-order valence-electron chi connectivity index (χ2n) is 7.34. The number of amides is 2. The third kappa shape index (κ3) is 11.5. The molecule has 2 amide bonds. The zero-order valence-electron chi connectivity index (χ0n) is 17.6. The van der Waals surface area contributed by atoms with E-state index in [0.29, 0.717) is 38.8 Å². The van der Waals surface area contributed by atoms with Gasteiger partial charge in [-0.2, -0.15) is 0 Å². The predicted molar refractivity (Wildman–Crippen MR) is 105 cm³/mol. The molecule has 0 aromatic heterocycles. The van der Waals surface area contributed by atoms with E-state index >= 15 is 0 Å². The SMILES string of the molecule is CC(=O)[C@@H](CCCNC(=O)CC(=O)NCCC[C@H](C(C)=O)N(C)C)N(C)C. The lowest BCUT2D eigenvalue weighted by molar-refractivity contribution is -0.129. The maximum atomic E-state index is 11.8. The lowest BCUT2D eigenvalue weighted by Gasteiger charge is -2.21. The molecule has 0 spiro atoms. The first-order chi connectivity index (χ1) is 12.6. The topological polar surface area (TPSA) is 98.8 Å². The zero-order valence-corrected chi connectivity index (χ0v) is 17.6. The number of hydrogen-bond donors (Lipinski definition) is 2. The van der Waals surface area contributed by atoms with Crippen molar-refractivity contribution in [2.45, 2.75) is 58.0 Å². The summed E-state index contributed by atoms with van der Waals surface area (Å²) in [5.41, 5.74) is 0. The van der Waals surface area contributed by atoms with Gasteiger partial charge in [0.2, 0.25) is 11.8 Å². The predicted octanol–water partition coefficient (Wildman–Crippen LogP) is 0.208. The Morgan fingerprint density at radius 3 is 1.30 bits per heavy atom. The number of ketones is 2. The quantitative estimate of drug-likeness (QED) is 0.328. The van der Waals surface area contributed by atoms with E-state index in [1.807, 2.05) is 38.0 Å². The molecule has 0 fully saturated rings. The number of rotatable bonds is 14. The van der Waals surface area contributed by atoms with E-state index in [2.05, 4.69) is 10.6 Å². The number of hydrogen-bond acceptors (Lipinski definition) is 6. The van der Waals surface area contributed by atoms with Crippen molar-refractivity contribution < 1.29 is 19.2 Å². The molecule has 8 nitrogen and oxygen atoms in total. The number of likely N-dealkylation sites (N-methyl/N-ethyl adjacent to an activating group) is 2. The molecule has 0 saturated heterocycles. The van der Waals surface area contributed by atoms with Gasteiger partial charge >= 0.3 is 0 Å². The fourth-order valence-electron chi connectivity index (χ4n) is 2.97. The molecule has 0 radical (unpaired) electrons. The Morgan fingerprint density at radius 2 is 1.04 bits per heavy atom. The highest BCUT2D eigenvalue weighted by Gasteiger charge is 2.17. The lowest BCUT2D eigenvalue weighted by atomic mass is 10.1. The summed E-state index contributed by atoms with van der Waals surface area (Å²) in [7, 11) is 7.41. The standard InChI is InChI=1S/C19H36N4O4/c1-14(24)16(22(3)4)9-7-11-20-18(26)13-19(27)21-12-8-10-17(15(2)25)23(5)6/h16-17H,7-13H2,1-6H3,(H,20,26)(H,21,27)/t16-,17-/m1/s1. The summed E-state index contributed by atoms with van der Waals surface area (Å²) in [6, 6.07) is -0.294. The van der Waals surface area contributed by atoms with Crippen LogP contribution >= 0.6 is 0 Å². The number of carbonyl (C=O) groups excluding carboxylic acids is 4. The third-order valence-corrected chi connectivity index (χ3v) is 4.46. The Hall–Kier alpha value is -1.80. The van der Waals surface area contributed by atoms with Gasteiger partial charge in [-0.15, -0.1) is 0 Å². The molecule has 0 aliphatic heterocycles. The highest BCUT2D eigenvalue weighted by molar-refractivity contribution is 5.96. The van der Waals surface area contributed by atoms with Crippen molar-refractivity contribution in [1.82, 2.24) is 20.4 Å². The molecular formula is C19H36N4O4. The fraction of sp³-hybridized carbons (Fsp3) is 0.789. The molecule has 2 atom stereocenters. The van der Waals surface area contributed by atoms with Gasteiger partial charge in [-0.05, 0) is 67.7 Å². The van der Waals surface area contributed by atoms with Gasteiger partial charge in [0.1, 0.15) is 18.0 Å². The lowest BCUT2D eigenvalue weighted by Crippen LogP contribution is -2.37. The summed E-state index contributed by atoms with van der Waals surface area (Å²) in [5.74, 6) is -0.447. The zero-order chi connectivity index (χ0) is 21.0. The number of nitrogens with zero attached hydrogens (tertiary/aromatic N) is 2. The molecule has 0 aromatic rings. The fourth-order valence-corrected chi connectivity index (χ4v) is 2.97. The van der Waals surface area contributed by atoms with Crippen LogP contribution in [-0.2, 0) is 19.2 Å². The number of nitrogens with one attached hydrogen (secondary N) is 2. The molecule has 2 N–H and O–H groups in total. The van der Waals surface area contributed by atoms with Crippen molar-refractivity contribution in [3.05, 3.63) is 0 Å². The second-order valence-corrected chi connectivity index (χ2v) is 7.34. The average molecular weight is 385 g/mol. The maximum Gasteiger partial charge on any atom is 0.229 e. The van der Waals surface area contributed by atoms with Crippen LogP contribution < -0.4 is 10.6 Å². The van der Waals surface area contributed by atoms with Crippen molar-refractivity contribution in [2.75, 3.05) is 41.3 Å². The minimum absolute atomic E-state index is 0.104. The van der Waals surface area contributed by atoms with E-state index in [0.717, 1.165) is 0 Å². The Kier molecular flexibility index (Phi) is 12.5. The van der Waals surface area contributed by atoms with Crippen LogP contribution in [0, 0.1) is 0 Å². The van der Waals surface area contributed by atoms with Gasteiger partial charge in [-0.3, -0.25) is 29.0 Å². The number of carbonyl (C=O) groups is 4. The van der Waals surface area contributed by atoms with E-state index in [9.17, 15) is 19.2 Å². The molecule has 0 rings (SSSR count). The summed E-state index contributed by atoms with van der Waals surface area (Å²) in [6.07, 6.45) is 2.46. The smallest absolute Gasteiger partial charge is 0.229 e. The van der Waals surface area contributed by atoms with Crippen molar-refractivity contribution in [3.63, 3.8) is 0 Å². The van der Waals surface area contributed by atoms with Crippen molar-refractivity contribution >= 4 is 23.4 Å². The molecule has 0 saturated carbocycles. The van der Waals surface area contributed by atoms with E-state index < -0.39 is 0 Å². The van der Waals surface area contributed by atoms with Crippen LogP contribution in [0.5, 0.6) is 0 Å². The first kappa shape index (κ1) is 25.2. The third-order valence-electron chi connectivity index (χ3n) is 4.46. The van der Waals surface area contributed by atoms with Crippen molar-refractivity contribution in [1.29, 1.82) is 0 Å². The molecule has 0 aliphatic rings. The molecule has 0 bridgehead atoms. The summed E-state index contributed by atoms with van der Waals surface area (Å²) >= 11 is 0. The highest BCUT2D eigenvalue weighted by Crippen LogP contribution is 2.05. The van der Waals surface area contributed by atoms with Crippen LogP contribution in [0.15, 0.2) is 0 Å². The highest BCUT2D eigenvalue weighted by atomic mass is 16.2. The summed E-state index contributed by atoms with van der Waals surface area (Å²) in [5, 5.41) is 5.41. The van der Waals surface area contributed by atoms with Crippen LogP contribution in [0.2, 0.25) is 0 Å². The van der Waals surface area contributed by atoms with E-state index in [1.54, 1.807) is 13.8 Å². The molecular weight excluding hydrogens is 348 g/mol. The molecule has 27 heavy (non-hydrogen) atoms. The first-order valence-electron chi connectivity index (χ1n) is 9.43. The molecule has 8 heteroatoms. The average Bonchev–Trinajstić information content (AvgIpc) is 2.52. The maximum absolute atomic E-state index is 11.8. The van der Waals surface area contributed by atoms with Crippen LogP contribution in [0.1, 0.15) is 46.0 Å². The van der Waals surface area contributed by atoms with E-state index in [-0.39, 0.29) is 41.9 Å². The van der Waals surface area contributed by atoms with E-state index in [4.69, 9.17) is 0 Å². The van der Waals surface area contributed by atoms with Gasteiger partial charge in [0.05, 0.1) is 12.1 Å². The van der Waals surface area contributed by atoms with Gasteiger partial charge in [0.25, 0.3) is 0 Å². The van der Waals surface area contributed by atoms with Gasteiger partial charge in [-0.25, -0.2) is 0 Å². The summed E-state index contributed by atoms with van der Waals surface area (Å²) in [4.78, 5) is 50.3. The van der Waals surface area contributed by atoms with Crippen LogP contribution in [0.25, 0.3) is 0 Å². The largest absolute Gasteiger partial charge is 0.356 e. The second kappa shape index (κ2) is 13.4. The van der Waals surface area contributed by atoms with Crippen LogP contribution in [0.3, 0.4) is 0 Å².